The molecule has 0 aromatic heterocycles. The van der Waals surface area contributed by atoms with Gasteiger partial charge in [0.2, 0.25) is 0 Å². The molecule has 1 heterocycles. The van der Waals surface area contributed by atoms with E-state index >= 15 is 0 Å². The van der Waals surface area contributed by atoms with Crippen molar-refractivity contribution in [3.63, 3.8) is 0 Å². The SMILES string of the molecule is CC(C)(C)OCc1cccc2c1CNCC2. The Morgan fingerprint density at radius 3 is 2.88 bits per heavy atom. The summed E-state index contributed by atoms with van der Waals surface area (Å²) in [5.41, 5.74) is 4.19. The second-order valence-electron chi connectivity index (χ2n) is 5.38. The van der Waals surface area contributed by atoms with E-state index in [1.54, 1.807) is 0 Å². The Balaban J connectivity index is 2.15. The number of nitrogens with one attached hydrogen (secondary N) is 1. The van der Waals surface area contributed by atoms with Gasteiger partial charge in [-0.25, -0.2) is 0 Å². The second-order valence-corrected chi connectivity index (χ2v) is 5.38. The lowest BCUT2D eigenvalue weighted by atomic mass is 9.96. The fourth-order valence-corrected chi connectivity index (χ4v) is 2.02. The highest BCUT2D eigenvalue weighted by Crippen LogP contribution is 2.21. The Morgan fingerprint density at radius 1 is 1.31 bits per heavy atom. The van der Waals surface area contributed by atoms with Gasteiger partial charge in [0.1, 0.15) is 0 Å². The maximum Gasteiger partial charge on any atom is 0.0727 e. The third-order valence-electron chi connectivity index (χ3n) is 2.90. The topological polar surface area (TPSA) is 21.3 Å². The van der Waals surface area contributed by atoms with Crippen molar-refractivity contribution in [1.29, 1.82) is 0 Å². The zero-order valence-corrected chi connectivity index (χ0v) is 10.5. The Hall–Kier alpha value is -0.860. The highest BCUT2D eigenvalue weighted by atomic mass is 16.5. The van der Waals surface area contributed by atoms with Crippen LogP contribution in [-0.4, -0.2) is 12.1 Å². The lowest BCUT2D eigenvalue weighted by Crippen LogP contribution is -2.26. The molecule has 0 amide bonds. The van der Waals surface area contributed by atoms with E-state index < -0.39 is 0 Å². The molecule has 1 aliphatic rings. The fourth-order valence-electron chi connectivity index (χ4n) is 2.02. The highest BCUT2D eigenvalue weighted by Gasteiger charge is 2.15. The number of rotatable bonds is 2. The van der Waals surface area contributed by atoms with E-state index in [0.29, 0.717) is 6.61 Å². The predicted molar refractivity (Wildman–Crippen MR) is 66.4 cm³/mol. The summed E-state index contributed by atoms with van der Waals surface area (Å²) >= 11 is 0. The van der Waals surface area contributed by atoms with Crippen LogP contribution in [0.25, 0.3) is 0 Å². The van der Waals surface area contributed by atoms with Crippen molar-refractivity contribution < 1.29 is 4.74 Å². The van der Waals surface area contributed by atoms with Crippen LogP contribution in [0.1, 0.15) is 37.5 Å². The smallest absolute Gasteiger partial charge is 0.0727 e. The summed E-state index contributed by atoms with van der Waals surface area (Å²) in [5.74, 6) is 0. The van der Waals surface area contributed by atoms with Gasteiger partial charge in [-0.05, 0) is 50.4 Å². The summed E-state index contributed by atoms with van der Waals surface area (Å²) in [6, 6.07) is 6.56. The van der Waals surface area contributed by atoms with Crippen LogP contribution in [0, 0.1) is 0 Å². The van der Waals surface area contributed by atoms with Gasteiger partial charge in [-0.3, -0.25) is 0 Å². The largest absolute Gasteiger partial charge is 0.371 e. The van der Waals surface area contributed by atoms with Gasteiger partial charge in [-0.1, -0.05) is 18.2 Å². The first-order chi connectivity index (χ1) is 7.56. The van der Waals surface area contributed by atoms with E-state index in [9.17, 15) is 0 Å². The molecule has 0 aliphatic carbocycles. The molecule has 0 fully saturated rings. The lowest BCUT2D eigenvalue weighted by Gasteiger charge is -2.24. The number of hydrogen-bond acceptors (Lipinski definition) is 2. The van der Waals surface area contributed by atoms with Crippen LogP contribution in [0.4, 0.5) is 0 Å². The third kappa shape index (κ3) is 2.83. The molecule has 88 valence electrons. The lowest BCUT2D eigenvalue weighted by molar-refractivity contribution is -0.0153. The van der Waals surface area contributed by atoms with Crippen molar-refractivity contribution in [3.05, 3.63) is 34.9 Å². The molecule has 0 bridgehead atoms. The van der Waals surface area contributed by atoms with Crippen molar-refractivity contribution in [3.8, 4) is 0 Å². The van der Waals surface area contributed by atoms with E-state index in [1.807, 2.05) is 0 Å². The van der Waals surface area contributed by atoms with Gasteiger partial charge < -0.3 is 10.1 Å². The third-order valence-corrected chi connectivity index (χ3v) is 2.90. The zero-order chi connectivity index (χ0) is 11.6. The van der Waals surface area contributed by atoms with Gasteiger partial charge >= 0.3 is 0 Å². The number of benzene rings is 1. The summed E-state index contributed by atoms with van der Waals surface area (Å²) in [7, 11) is 0. The summed E-state index contributed by atoms with van der Waals surface area (Å²) in [6.07, 6.45) is 1.14. The molecule has 1 N–H and O–H groups in total. The van der Waals surface area contributed by atoms with Gasteiger partial charge in [0.15, 0.2) is 0 Å². The van der Waals surface area contributed by atoms with E-state index in [4.69, 9.17) is 4.74 Å². The van der Waals surface area contributed by atoms with Crippen molar-refractivity contribution in [1.82, 2.24) is 5.32 Å². The monoisotopic (exact) mass is 219 g/mol. The fraction of sp³-hybridized carbons (Fsp3) is 0.571. The van der Waals surface area contributed by atoms with Crippen molar-refractivity contribution in [2.45, 2.75) is 45.9 Å². The standard InChI is InChI=1S/C14H21NO/c1-14(2,3)16-10-12-6-4-5-11-7-8-15-9-13(11)12/h4-6,15H,7-10H2,1-3H3. The number of hydrogen-bond donors (Lipinski definition) is 1. The van der Waals surface area contributed by atoms with Crippen LogP contribution < -0.4 is 5.32 Å². The first-order valence-corrected chi connectivity index (χ1v) is 6.00. The average molecular weight is 219 g/mol. The van der Waals surface area contributed by atoms with Gasteiger partial charge in [-0.2, -0.15) is 0 Å². The summed E-state index contributed by atoms with van der Waals surface area (Å²) < 4.78 is 5.85. The Bertz CT molecular complexity index is 365. The minimum atomic E-state index is -0.0647. The van der Waals surface area contributed by atoms with Gasteiger partial charge in [0.05, 0.1) is 12.2 Å². The first kappa shape index (κ1) is 11.6. The normalized spacial score (nSPS) is 15.9. The molecule has 0 radical (unpaired) electrons. The van der Waals surface area contributed by atoms with Crippen LogP contribution in [0.15, 0.2) is 18.2 Å². The minimum absolute atomic E-state index is 0.0647. The molecular weight excluding hydrogens is 198 g/mol. The maximum atomic E-state index is 5.85. The minimum Gasteiger partial charge on any atom is -0.371 e. The summed E-state index contributed by atoms with van der Waals surface area (Å²) in [6.45, 7) is 9.09. The van der Waals surface area contributed by atoms with Crippen molar-refractivity contribution in [2.75, 3.05) is 6.54 Å². The molecule has 1 aromatic carbocycles. The van der Waals surface area contributed by atoms with Crippen LogP contribution in [-0.2, 0) is 24.3 Å². The van der Waals surface area contributed by atoms with E-state index in [-0.39, 0.29) is 5.60 Å². The van der Waals surface area contributed by atoms with Gasteiger partial charge in [-0.15, -0.1) is 0 Å². The van der Waals surface area contributed by atoms with Crippen molar-refractivity contribution in [2.24, 2.45) is 0 Å². The van der Waals surface area contributed by atoms with Gasteiger partial charge in [0.25, 0.3) is 0 Å². The number of fused-ring (bicyclic) bond motifs is 1. The Kier molecular flexibility index (Phi) is 3.31. The Labute approximate surface area is 98.0 Å². The van der Waals surface area contributed by atoms with Crippen LogP contribution in [0.2, 0.25) is 0 Å². The van der Waals surface area contributed by atoms with E-state index in [1.165, 1.54) is 16.7 Å². The average Bonchev–Trinajstić information content (AvgIpc) is 2.25. The molecule has 0 saturated carbocycles. The molecule has 2 nitrogen and oxygen atoms in total. The molecule has 0 unspecified atom stereocenters. The Morgan fingerprint density at radius 2 is 2.12 bits per heavy atom. The van der Waals surface area contributed by atoms with Crippen molar-refractivity contribution >= 4 is 0 Å². The molecule has 0 spiro atoms. The molecule has 1 aromatic rings. The summed E-state index contributed by atoms with van der Waals surface area (Å²) in [4.78, 5) is 0. The molecule has 1 aliphatic heterocycles. The molecule has 2 rings (SSSR count). The quantitative estimate of drug-likeness (QED) is 0.825. The first-order valence-electron chi connectivity index (χ1n) is 6.00. The van der Waals surface area contributed by atoms with Crippen LogP contribution in [0.3, 0.4) is 0 Å². The molecule has 16 heavy (non-hydrogen) atoms. The van der Waals surface area contributed by atoms with E-state index in [0.717, 1.165) is 19.5 Å². The molecular formula is C14H21NO. The molecule has 0 saturated heterocycles. The van der Waals surface area contributed by atoms with Crippen LogP contribution in [0.5, 0.6) is 0 Å². The predicted octanol–water partition coefficient (Wildman–Crippen LogP) is 2.65. The zero-order valence-electron chi connectivity index (χ0n) is 10.5. The summed E-state index contributed by atoms with van der Waals surface area (Å²) in [5, 5.41) is 3.42. The number of ether oxygens (including phenoxy) is 1. The van der Waals surface area contributed by atoms with E-state index in [2.05, 4.69) is 44.3 Å². The molecule has 0 atom stereocenters. The van der Waals surface area contributed by atoms with Gasteiger partial charge in [0, 0.05) is 6.54 Å². The van der Waals surface area contributed by atoms with Crippen LogP contribution >= 0.6 is 0 Å². The molecule has 2 heteroatoms. The maximum absolute atomic E-state index is 5.85. The second kappa shape index (κ2) is 4.56. The highest BCUT2D eigenvalue weighted by molar-refractivity contribution is 5.36.